The highest BCUT2D eigenvalue weighted by molar-refractivity contribution is 7.80. The number of carbonyl (C=O) groups excluding carboxylic acids is 1. The standard InChI is InChI=1S/C18H18N2O2S/c1-13-3-5-14(6-4-13)7-12-17(21)20-18(23)19-15-8-10-16(22-2)11-9-15/h3-12H,1-2H3,(H2,19,20,21,23)/b12-7+. The lowest BCUT2D eigenvalue weighted by Crippen LogP contribution is -2.32. The highest BCUT2D eigenvalue weighted by Crippen LogP contribution is 2.14. The molecule has 0 heterocycles. The Morgan fingerprint density at radius 2 is 1.74 bits per heavy atom. The van der Waals surface area contributed by atoms with Crippen LogP contribution >= 0.6 is 12.2 Å². The maximum atomic E-state index is 11.8. The second-order valence-corrected chi connectivity index (χ2v) is 5.32. The number of thiocarbonyl (C=S) groups is 1. The van der Waals surface area contributed by atoms with Crippen LogP contribution in [0.1, 0.15) is 11.1 Å². The molecule has 0 atom stereocenters. The summed E-state index contributed by atoms with van der Waals surface area (Å²) in [6, 6.07) is 15.1. The van der Waals surface area contributed by atoms with Crippen molar-refractivity contribution in [2.24, 2.45) is 0 Å². The SMILES string of the molecule is COc1ccc(NC(=S)NC(=O)/C=C/c2ccc(C)cc2)cc1. The van der Waals surface area contributed by atoms with Crippen molar-refractivity contribution in [1.82, 2.24) is 5.32 Å². The van der Waals surface area contributed by atoms with Crippen LogP contribution in [0.25, 0.3) is 6.08 Å². The molecular weight excluding hydrogens is 308 g/mol. The number of hydrogen-bond donors (Lipinski definition) is 2. The summed E-state index contributed by atoms with van der Waals surface area (Å²) in [5.41, 5.74) is 2.91. The topological polar surface area (TPSA) is 50.4 Å². The van der Waals surface area contributed by atoms with Gasteiger partial charge in [0.05, 0.1) is 7.11 Å². The molecule has 1 amide bonds. The molecule has 0 saturated carbocycles. The molecule has 0 aliphatic heterocycles. The number of anilines is 1. The van der Waals surface area contributed by atoms with Crippen LogP contribution in [-0.4, -0.2) is 18.1 Å². The zero-order chi connectivity index (χ0) is 16.7. The van der Waals surface area contributed by atoms with E-state index in [0.717, 1.165) is 17.0 Å². The lowest BCUT2D eigenvalue weighted by molar-refractivity contribution is -0.115. The lowest BCUT2D eigenvalue weighted by atomic mass is 10.1. The van der Waals surface area contributed by atoms with Crippen LogP contribution in [0.15, 0.2) is 54.6 Å². The number of rotatable bonds is 4. The fourth-order valence-electron chi connectivity index (χ4n) is 1.84. The van der Waals surface area contributed by atoms with Crippen molar-refractivity contribution in [3.8, 4) is 5.75 Å². The summed E-state index contributed by atoms with van der Waals surface area (Å²) in [4.78, 5) is 11.8. The number of methoxy groups -OCH3 is 1. The molecule has 5 heteroatoms. The van der Waals surface area contributed by atoms with Gasteiger partial charge in [0.2, 0.25) is 5.91 Å². The van der Waals surface area contributed by atoms with E-state index in [1.54, 1.807) is 13.2 Å². The average molecular weight is 326 g/mol. The fourth-order valence-corrected chi connectivity index (χ4v) is 2.06. The summed E-state index contributed by atoms with van der Waals surface area (Å²) < 4.78 is 5.08. The van der Waals surface area contributed by atoms with Crippen LogP contribution in [0.2, 0.25) is 0 Å². The first-order valence-corrected chi connectivity index (χ1v) is 7.48. The van der Waals surface area contributed by atoms with Crippen molar-refractivity contribution in [2.45, 2.75) is 6.92 Å². The fraction of sp³-hybridized carbons (Fsp3) is 0.111. The Kier molecular flexibility index (Phi) is 5.88. The molecule has 118 valence electrons. The maximum Gasteiger partial charge on any atom is 0.250 e. The molecule has 0 bridgehead atoms. The molecule has 2 N–H and O–H groups in total. The first-order chi connectivity index (χ1) is 11.1. The van der Waals surface area contributed by atoms with Crippen LogP contribution in [0, 0.1) is 6.92 Å². The molecule has 2 rings (SSSR count). The van der Waals surface area contributed by atoms with E-state index in [1.807, 2.05) is 55.5 Å². The summed E-state index contributed by atoms with van der Waals surface area (Å²) in [5.74, 6) is 0.475. The summed E-state index contributed by atoms with van der Waals surface area (Å²) >= 11 is 5.11. The molecule has 0 saturated heterocycles. The molecule has 23 heavy (non-hydrogen) atoms. The van der Waals surface area contributed by atoms with Gasteiger partial charge in [-0.15, -0.1) is 0 Å². The largest absolute Gasteiger partial charge is 0.497 e. The van der Waals surface area contributed by atoms with Gasteiger partial charge >= 0.3 is 0 Å². The molecule has 0 aliphatic carbocycles. The predicted octanol–water partition coefficient (Wildman–Crippen LogP) is 3.53. The first-order valence-electron chi connectivity index (χ1n) is 7.07. The van der Waals surface area contributed by atoms with E-state index < -0.39 is 0 Å². The Labute approximate surface area is 141 Å². The summed E-state index contributed by atoms with van der Waals surface area (Å²) in [5, 5.41) is 5.79. The van der Waals surface area contributed by atoms with Gasteiger partial charge in [0.1, 0.15) is 5.75 Å². The zero-order valence-electron chi connectivity index (χ0n) is 13.0. The van der Waals surface area contributed by atoms with Crippen molar-refractivity contribution < 1.29 is 9.53 Å². The van der Waals surface area contributed by atoms with Gasteiger partial charge in [0.25, 0.3) is 0 Å². The molecule has 0 spiro atoms. The zero-order valence-corrected chi connectivity index (χ0v) is 13.8. The smallest absolute Gasteiger partial charge is 0.250 e. The first kappa shape index (κ1) is 16.7. The van der Waals surface area contributed by atoms with E-state index in [2.05, 4.69) is 10.6 Å². The monoisotopic (exact) mass is 326 g/mol. The van der Waals surface area contributed by atoms with Gasteiger partial charge in [-0.1, -0.05) is 29.8 Å². The van der Waals surface area contributed by atoms with Crippen molar-refractivity contribution in [3.05, 3.63) is 65.7 Å². The third-order valence-corrected chi connectivity index (χ3v) is 3.29. The number of amides is 1. The van der Waals surface area contributed by atoms with Gasteiger partial charge in [-0.3, -0.25) is 10.1 Å². The van der Waals surface area contributed by atoms with Crippen LogP contribution in [0.3, 0.4) is 0 Å². The maximum absolute atomic E-state index is 11.8. The average Bonchev–Trinajstić information content (AvgIpc) is 2.55. The normalized spacial score (nSPS) is 10.3. The number of hydrogen-bond acceptors (Lipinski definition) is 3. The van der Waals surface area contributed by atoms with Gasteiger partial charge in [0, 0.05) is 11.8 Å². The van der Waals surface area contributed by atoms with E-state index in [9.17, 15) is 4.79 Å². The van der Waals surface area contributed by atoms with E-state index in [1.165, 1.54) is 11.6 Å². The highest BCUT2D eigenvalue weighted by atomic mass is 32.1. The van der Waals surface area contributed by atoms with Crippen molar-refractivity contribution >= 4 is 35.0 Å². The number of carbonyl (C=O) groups is 1. The Balaban J connectivity index is 1.86. The van der Waals surface area contributed by atoms with E-state index >= 15 is 0 Å². The highest BCUT2D eigenvalue weighted by Gasteiger charge is 2.02. The predicted molar refractivity (Wildman–Crippen MR) is 97.6 cm³/mol. The third-order valence-electron chi connectivity index (χ3n) is 3.09. The lowest BCUT2D eigenvalue weighted by Gasteiger charge is -2.08. The summed E-state index contributed by atoms with van der Waals surface area (Å²) in [7, 11) is 1.60. The Bertz CT molecular complexity index is 707. The van der Waals surface area contributed by atoms with Gasteiger partial charge in [-0.05, 0) is 55.0 Å². The molecule has 0 fully saturated rings. The van der Waals surface area contributed by atoms with Crippen LogP contribution in [-0.2, 0) is 4.79 Å². The molecule has 2 aromatic carbocycles. The van der Waals surface area contributed by atoms with Crippen LogP contribution < -0.4 is 15.4 Å². The van der Waals surface area contributed by atoms with Crippen LogP contribution in [0.5, 0.6) is 5.75 Å². The van der Waals surface area contributed by atoms with Gasteiger partial charge in [0.15, 0.2) is 5.11 Å². The molecule has 2 aromatic rings. The van der Waals surface area contributed by atoms with E-state index in [4.69, 9.17) is 17.0 Å². The van der Waals surface area contributed by atoms with E-state index in [0.29, 0.717) is 0 Å². The molecule has 0 aliphatic rings. The number of benzene rings is 2. The minimum absolute atomic E-state index is 0.244. The Morgan fingerprint density at radius 3 is 2.35 bits per heavy atom. The quantitative estimate of drug-likeness (QED) is 0.667. The second-order valence-electron chi connectivity index (χ2n) is 4.92. The van der Waals surface area contributed by atoms with Crippen molar-refractivity contribution in [3.63, 3.8) is 0 Å². The Morgan fingerprint density at radius 1 is 1.09 bits per heavy atom. The van der Waals surface area contributed by atoms with E-state index in [-0.39, 0.29) is 11.0 Å². The minimum atomic E-state index is -0.281. The number of aryl methyl sites for hydroxylation is 1. The summed E-state index contributed by atoms with van der Waals surface area (Å²) in [6.45, 7) is 2.02. The summed E-state index contributed by atoms with van der Waals surface area (Å²) in [6.07, 6.45) is 3.19. The molecule has 0 aromatic heterocycles. The molecular formula is C18H18N2O2S. The molecule has 0 unspecified atom stereocenters. The van der Waals surface area contributed by atoms with Gasteiger partial charge in [-0.2, -0.15) is 0 Å². The molecule has 0 radical (unpaired) electrons. The Hall–Kier alpha value is -2.66. The van der Waals surface area contributed by atoms with Crippen molar-refractivity contribution in [1.29, 1.82) is 0 Å². The molecule has 4 nitrogen and oxygen atoms in total. The second kappa shape index (κ2) is 8.10. The van der Waals surface area contributed by atoms with Crippen LogP contribution in [0.4, 0.5) is 5.69 Å². The number of ether oxygens (including phenoxy) is 1. The third kappa shape index (κ3) is 5.56. The van der Waals surface area contributed by atoms with Gasteiger partial charge < -0.3 is 10.1 Å². The van der Waals surface area contributed by atoms with Crippen molar-refractivity contribution in [2.75, 3.05) is 12.4 Å². The number of nitrogens with one attached hydrogen (secondary N) is 2. The van der Waals surface area contributed by atoms with Gasteiger partial charge in [-0.25, -0.2) is 0 Å². The minimum Gasteiger partial charge on any atom is -0.497 e.